The van der Waals surface area contributed by atoms with Crippen molar-refractivity contribution < 1.29 is 50.2 Å². The molecule has 7 heteroatoms. The molecule has 0 unspecified atom stereocenters. The molecular weight excluding hydrogens is 881 g/mol. The molecule has 6 aromatic carbocycles. The molecule has 6 aromatic rings. The summed E-state index contributed by atoms with van der Waals surface area (Å²) in [7, 11) is 0. The Hall–Kier alpha value is -3.58. The minimum Gasteiger partial charge on any atom is -0.214 e. The topological polar surface area (TPSA) is 0 Å². The number of benzene rings is 4. The van der Waals surface area contributed by atoms with E-state index in [0.29, 0.717) is 38.3 Å². The van der Waals surface area contributed by atoms with Gasteiger partial charge in [-0.25, -0.2) is 12.1 Å². The fourth-order valence-electron chi connectivity index (χ4n) is 6.78. The summed E-state index contributed by atoms with van der Waals surface area (Å²) in [4.78, 5) is 0. The predicted octanol–water partition coefficient (Wildman–Crippen LogP) is 15.1. The number of hydrogen-bond donors (Lipinski definition) is 0. The molecule has 0 aliphatic carbocycles. The van der Waals surface area contributed by atoms with E-state index in [-0.39, 0.29) is 21.7 Å². The molecule has 0 fully saturated rings. The molecule has 0 aromatic heterocycles. The van der Waals surface area contributed by atoms with Crippen molar-refractivity contribution in [3.8, 4) is 0 Å². The van der Waals surface area contributed by atoms with Gasteiger partial charge in [-0.05, 0) is 21.7 Å². The van der Waals surface area contributed by atoms with Gasteiger partial charge in [0.15, 0.2) is 0 Å². The second-order valence-corrected chi connectivity index (χ2v) is 20.4. The van der Waals surface area contributed by atoms with Crippen LogP contribution in [0.3, 0.4) is 0 Å². The van der Waals surface area contributed by atoms with Crippen molar-refractivity contribution in [1.29, 1.82) is 0 Å². The first-order valence-electron chi connectivity index (χ1n) is 18.8. The molecule has 0 N–H and O–H groups in total. The largest absolute Gasteiger partial charge is 0.214 e. The number of hydrogen-bond acceptors (Lipinski definition) is 0. The Bertz CT molecular complexity index is 2100. The predicted molar refractivity (Wildman–Crippen MR) is 220 cm³/mol. The van der Waals surface area contributed by atoms with Gasteiger partial charge in [-0.2, -0.15) is 18.2 Å². The Morgan fingerprint density at radius 1 is 0.446 bits per heavy atom. The molecule has 0 saturated carbocycles. The Balaban J connectivity index is 0.000000227. The summed E-state index contributed by atoms with van der Waals surface area (Å²) in [5, 5.41) is 5.57. The normalized spacial score (nSPS) is 12.9. The average Bonchev–Trinajstić information content (AvgIpc) is 3.77. The van der Waals surface area contributed by atoms with Crippen LogP contribution in [0.5, 0.6) is 0 Å². The van der Waals surface area contributed by atoms with Gasteiger partial charge in [0.2, 0.25) is 0 Å². The van der Waals surface area contributed by atoms with Gasteiger partial charge < -0.3 is 0 Å². The van der Waals surface area contributed by atoms with Crippen molar-refractivity contribution in [2.75, 3.05) is 0 Å². The SMILES string of the molecule is CC(C)(C)c1cc2[cH-]c3cc(C(C)(C)C)c(C(C)(C)C)cc3c2cc1C(C)(C)C.FC(F)(F)c1cccc([C](=[Hf+2])c2cccc(C(F)(F)F)c2)c1.c1cc[cH-]c1. The number of rotatable bonds is 2. The summed E-state index contributed by atoms with van der Waals surface area (Å²) in [6, 6.07) is 31.5. The third kappa shape index (κ3) is 11.1. The van der Waals surface area contributed by atoms with Crippen LogP contribution >= 0.6 is 0 Å². The second-order valence-electron chi connectivity index (χ2n) is 18.6. The fourth-order valence-corrected chi connectivity index (χ4v) is 7.89. The smallest absolute Gasteiger partial charge is 0.172 e. The number of alkyl halides is 6. The Morgan fingerprint density at radius 3 is 1.04 bits per heavy atom. The Labute approximate surface area is 344 Å². The van der Waals surface area contributed by atoms with Crippen LogP contribution in [0.4, 0.5) is 26.3 Å². The maximum Gasteiger partial charge on any atom is -0.172 e. The van der Waals surface area contributed by atoms with E-state index < -0.39 is 23.5 Å². The minimum absolute atomic E-state index is 0.124. The molecule has 0 atom stereocenters. The summed E-state index contributed by atoms with van der Waals surface area (Å²) >= 11 is 0.316. The summed E-state index contributed by atoms with van der Waals surface area (Å²) in [5.74, 6) is 0. The van der Waals surface area contributed by atoms with Crippen molar-refractivity contribution in [1.82, 2.24) is 0 Å². The molecule has 0 bridgehead atoms. The maximum atomic E-state index is 12.7. The zero-order valence-electron chi connectivity index (χ0n) is 34.7. The molecule has 296 valence electrons. The quantitative estimate of drug-likeness (QED) is 0.0922. The van der Waals surface area contributed by atoms with Crippen molar-refractivity contribution in [3.63, 3.8) is 0 Å². The minimum atomic E-state index is -4.48. The van der Waals surface area contributed by atoms with Crippen molar-refractivity contribution in [2.24, 2.45) is 0 Å². The molecular formula is C49H54F6Hf. The molecule has 0 amide bonds. The van der Waals surface area contributed by atoms with Gasteiger partial charge in [-0.15, -0.1) is 39.7 Å². The van der Waals surface area contributed by atoms with Crippen LogP contribution in [-0.2, 0) is 57.9 Å². The molecule has 6 rings (SSSR count). The Morgan fingerprint density at radius 2 is 0.768 bits per heavy atom. The fraction of sp³-hybridized carbons (Fsp3) is 0.367. The first-order valence-corrected chi connectivity index (χ1v) is 20.6. The van der Waals surface area contributed by atoms with Crippen LogP contribution in [0.15, 0.2) is 109 Å². The van der Waals surface area contributed by atoms with E-state index in [9.17, 15) is 26.3 Å². The monoisotopic (exact) mass is 936 g/mol. The van der Waals surface area contributed by atoms with Crippen LogP contribution in [0.25, 0.3) is 21.5 Å². The van der Waals surface area contributed by atoms with E-state index in [0.717, 1.165) is 24.3 Å². The molecule has 0 saturated heterocycles. The van der Waals surface area contributed by atoms with Gasteiger partial charge in [0.1, 0.15) is 0 Å². The Kier molecular flexibility index (Phi) is 13.2. The first-order chi connectivity index (χ1) is 25.5. The van der Waals surface area contributed by atoms with Gasteiger partial charge in [-0.1, -0.05) is 117 Å². The van der Waals surface area contributed by atoms with E-state index in [2.05, 4.69) is 113 Å². The third-order valence-electron chi connectivity index (χ3n) is 9.73. The van der Waals surface area contributed by atoms with Crippen LogP contribution in [0, 0.1) is 0 Å². The number of halogens is 6. The molecule has 0 spiro atoms. The van der Waals surface area contributed by atoms with Gasteiger partial charge >= 0.3 is 137 Å². The first kappa shape index (κ1) is 45.1. The average molecular weight is 935 g/mol. The van der Waals surface area contributed by atoms with Crippen LogP contribution in [0.2, 0.25) is 0 Å². The van der Waals surface area contributed by atoms with Crippen LogP contribution in [0.1, 0.15) is 128 Å². The molecule has 0 radical (unpaired) electrons. The van der Waals surface area contributed by atoms with Crippen LogP contribution in [-0.4, -0.2) is 3.26 Å². The van der Waals surface area contributed by atoms with E-state index in [1.54, 1.807) is 0 Å². The van der Waals surface area contributed by atoms with Crippen molar-refractivity contribution >= 4 is 24.8 Å². The number of fused-ring (bicyclic) bond motifs is 3. The molecule has 0 aliphatic heterocycles. The zero-order valence-corrected chi connectivity index (χ0v) is 38.3. The molecule has 56 heavy (non-hydrogen) atoms. The van der Waals surface area contributed by atoms with E-state index in [1.165, 1.54) is 68.1 Å². The summed E-state index contributed by atoms with van der Waals surface area (Å²) in [6.45, 7) is 28.0. The van der Waals surface area contributed by atoms with Crippen molar-refractivity contribution in [3.05, 3.63) is 154 Å². The van der Waals surface area contributed by atoms with Gasteiger partial charge in [0, 0.05) is 0 Å². The summed E-state index contributed by atoms with van der Waals surface area (Å²) in [5.41, 5.74) is 5.36. The molecule has 0 aliphatic rings. The summed E-state index contributed by atoms with van der Waals surface area (Å²) < 4.78 is 76.7. The maximum absolute atomic E-state index is 12.7. The van der Waals surface area contributed by atoms with Gasteiger partial charge in [-0.3, -0.25) is 0 Å². The van der Waals surface area contributed by atoms with E-state index in [4.69, 9.17) is 0 Å². The molecule has 0 heterocycles. The van der Waals surface area contributed by atoms with Crippen LogP contribution < -0.4 is 0 Å². The standard InChI is InChI=1S/C29H41.C15H8F6.C5H5.Hf/c1-26(2,3)22-14-18-13-19-15-23(27(4,5)6)25(29(10,11)12)17-21(19)20(18)16-24(22)28(7,8)9;16-14(17,18)12-5-1-3-10(8-12)7-11-4-2-6-13(9-11)15(19,20)21;1-2-4-5-3-1;/h13-17H,1-12H3;1-6,8-9H;1-5H;/q-1;;-1;+2. The van der Waals surface area contributed by atoms with Gasteiger partial charge in [0.05, 0.1) is 0 Å². The second kappa shape index (κ2) is 16.3. The van der Waals surface area contributed by atoms with E-state index in [1.807, 2.05) is 30.3 Å². The molecule has 0 nitrogen and oxygen atoms in total. The van der Waals surface area contributed by atoms with E-state index >= 15 is 0 Å². The van der Waals surface area contributed by atoms with Gasteiger partial charge in [0.25, 0.3) is 0 Å². The summed E-state index contributed by atoms with van der Waals surface area (Å²) in [6.07, 6.45) is -8.96. The van der Waals surface area contributed by atoms with Crippen molar-refractivity contribution in [2.45, 2.75) is 117 Å². The third-order valence-corrected chi connectivity index (χ3v) is 11.8. The zero-order chi connectivity index (χ0) is 42.2.